The number of hydrogen-bond acceptors (Lipinski definition) is 8. The molecular formula is C14H22N4O5S2. The van der Waals surface area contributed by atoms with Crippen LogP contribution in [0.5, 0.6) is 5.75 Å². The molecule has 0 saturated carbocycles. The molecule has 0 aliphatic carbocycles. The van der Waals surface area contributed by atoms with Crippen LogP contribution < -0.4 is 13.8 Å². The van der Waals surface area contributed by atoms with Gasteiger partial charge in [-0.15, -0.1) is 0 Å². The molecule has 1 aliphatic heterocycles. The summed E-state index contributed by atoms with van der Waals surface area (Å²) in [5, 5.41) is 3.16. The quantitative estimate of drug-likeness (QED) is 0.636. The van der Waals surface area contributed by atoms with Gasteiger partial charge in [0.1, 0.15) is 12.4 Å². The van der Waals surface area contributed by atoms with E-state index >= 15 is 0 Å². The summed E-state index contributed by atoms with van der Waals surface area (Å²) in [5.41, 5.74) is 0.0393. The van der Waals surface area contributed by atoms with E-state index in [0.29, 0.717) is 22.6 Å². The SMILES string of the molecule is CN1CCN=C1NCCOc1ccc(N(S(C)(=O)=O)S(C)(=O)=O)cc1. The zero-order chi connectivity index (χ0) is 18.7. The summed E-state index contributed by atoms with van der Waals surface area (Å²) < 4.78 is 52.8. The molecule has 0 saturated heterocycles. The van der Waals surface area contributed by atoms with Gasteiger partial charge in [-0.3, -0.25) is 4.99 Å². The minimum atomic E-state index is -3.95. The number of rotatable bonds is 7. The Hall–Kier alpha value is -2.01. The van der Waals surface area contributed by atoms with Crippen molar-refractivity contribution in [1.82, 2.24) is 10.2 Å². The van der Waals surface area contributed by atoms with Crippen LogP contribution in [0.25, 0.3) is 0 Å². The maximum Gasteiger partial charge on any atom is 0.245 e. The molecular weight excluding hydrogens is 368 g/mol. The van der Waals surface area contributed by atoms with Crippen LogP contribution >= 0.6 is 0 Å². The van der Waals surface area contributed by atoms with Gasteiger partial charge in [0.2, 0.25) is 20.0 Å². The second-order valence-electron chi connectivity index (χ2n) is 5.62. The van der Waals surface area contributed by atoms with Crippen LogP contribution in [0.2, 0.25) is 0 Å². The Bertz CT molecular complexity index is 802. The number of sulfonamides is 2. The average molecular weight is 390 g/mol. The number of nitrogens with one attached hydrogen (secondary N) is 1. The molecule has 0 atom stereocenters. The van der Waals surface area contributed by atoms with Crippen molar-refractivity contribution >= 4 is 31.7 Å². The minimum absolute atomic E-state index is 0.0393. The van der Waals surface area contributed by atoms with Gasteiger partial charge in [-0.2, -0.15) is 3.71 Å². The Kier molecular flexibility index (Phi) is 5.78. The zero-order valence-electron chi connectivity index (χ0n) is 14.3. The number of aliphatic imine (C=N–C) groups is 1. The Morgan fingerprint density at radius 3 is 2.24 bits per heavy atom. The topological polar surface area (TPSA) is 108 Å². The van der Waals surface area contributed by atoms with Crippen molar-refractivity contribution in [1.29, 1.82) is 0 Å². The highest BCUT2D eigenvalue weighted by Crippen LogP contribution is 2.23. The molecule has 25 heavy (non-hydrogen) atoms. The molecule has 0 unspecified atom stereocenters. The van der Waals surface area contributed by atoms with Gasteiger partial charge in [0.05, 0.1) is 31.3 Å². The van der Waals surface area contributed by atoms with Crippen molar-refractivity contribution in [2.24, 2.45) is 4.99 Å². The molecule has 2 rings (SSSR count). The molecule has 1 aliphatic rings. The fraction of sp³-hybridized carbons (Fsp3) is 0.500. The molecule has 140 valence electrons. The molecule has 0 aromatic heterocycles. The van der Waals surface area contributed by atoms with E-state index in [-0.39, 0.29) is 5.69 Å². The highest BCUT2D eigenvalue weighted by Gasteiger charge is 2.27. The summed E-state index contributed by atoms with van der Waals surface area (Å²) in [7, 11) is -5.94. The van der Waals surface area contributed by atoms with E-state index in [1.807, 2.05) is 11.9 Å². The summed E-state index contributed by atoms with van der Waals surface area (Å²) >= 11 is 0. The predicted octanol–water partition coefficient (Wildman–Crippen LogP) is -0.318. The lowest BCUT2D eigenvalue weighted by Crippen LogP contribution is -2.37. The van der Waals surface area contributed by atoms with Crippen LogP contribution in [0.15, 0.2) is 29.3 Å². The van der Waals surface area contributed by atoms with Crippen molar-refractivity contribution in [3.63, 3.8) is 0 Å². The van der Waals surface area contributed by atoms with Gasteiger partial charge < -0.3 is 15.0 Å². The predicted molar refractivity (Wildman–Crippen MR) is 97.0 cm³/mol. The highest BCUT2D eigenvalue weighted by atomic mass is 32.3. The molecule has 0 bridgehead atoms. The second kappa shape index (κ2) is 7.48. The summed E-state index contributed by atoms with van der Waals surface area (Å²) in [6.07, 6.45) is 1.68. The van der Waals surface area contributed by atoms with Gasteiger partial charge in [-0.1, -0.05) is 0 Å². The van der Waals surface area contributed by atoms with Crippen molar-refractivity contribution in [3.8, 4) is 5.75 Å². The van der Waals surface area contributed by atoms with Gasteiger partial charge in [-0.05, 0) is 24.3 Å². The van der Waals surface area contributed by atoms with Gasteiger partial charge in [-0.25, -0.2) is 16.8 Å². The molecule has 1 N–H and O–H groups in total. The third-order valence-corrected chi connectivity index (χ3v) is 6.61. The monoisotopic (exact) mass is 390 g/mol. The van der Waals surface area contributed by atoms with Crippen LogP contribution in [0.4, 0.5) is 5.69 Å². The van der Waals surface area contributed by atoms with Crippen LogP contribution in [0.1, 0.15) is 0 Å². The largest absolute Gasteiger partial charge is 0.492 e. The first-order chi connectivity index (χ1) is 11.6. The Balaban J connectivity index is 1.95. The van der Waals surface area contributed by atoms with Gasteiger partial charge >= 0.3 is 0 Å². The molecule has 0 radical (unpaired) electrons. The highest BCUT2D eigenvalue weighted by molar-refractivity contribution is 8.09. The van der Waals surface area contributed by atoms with E-state index in [4.69, 9.17) is 4.74 Å². The maximum atomic E-state index is 11.7. The normalized spacial score (nSPS) is 15.0. The molecule has 1 aromatic carbocycles. The minimum Gasteiger partial charge on any atom is -0.492 e. The molecule has 0 amide bonds. The standard InChI is InChI=1S/C14H22N4O5S2/c1-17-10-8-15-14(17)16-9-11-23-13-6-4-12(5-7-13)18(24(2,19)20)25(3,21)22/h4-7H,8-11H2,1-3H3,(H,15,16). The first-order valence-electron chi connectivity index (χ1n) is 7.52. The van der Waals surface area contributed by atoms with Crippen LogP contribution in [-0.4, -0.2) is 73.5 Å². The first-order valence-corrected chi connectivity index (χ1v) is 11.2. The van der Waals surface area contributed by atoms with Crippen molar-refractivity contribution < 1.29 is 21.6 Å². The number of likely N-dealkylation sites (N-methyl/N-ethyl adjacent to an activating group) is 1. The first kappa shape index (κ1) is 19.3. The lowest BCUT2D eigenvalue weighted by molar-refractivity contribution is 0.320. The molecule has 9 nitrogen and oxygen atoms in total. The molecule has 1 heterocycles. The Morgan fingerprint density at radius 1 is 1.16 bits per heavy atom. The number of anilines is 1. The Morgan fingerprint density at radius 2 is 1.76 bits per heavy atom. The number of guanidine groups is 1. The number of nitrogens with zero attached hydrogens (tertiary/aromatic N) is 3. The molecule has 1 aromatic rings. The fourth-order valence-electron chi connectivity index (χ4n) is 2.35. The van der Waals surface area contributed by atoms with Gasteiger partial charge in [0.25, 0.3) is 0 Å². The smallest absolute Gasteiger partial charge is 0.245 e. The summed E-state index contributed by atoms with van der Waals surface area (Å²) in [6.45, 7) is 2.61. The third kappa shape index (κ3) is 5.23. The Labute approximate surface area is 148 Å². The molecule has 0 spiro atoms. The average Bonchev–Trinajstić information content (AvgIpc) is 2.88. The van der Waals surface area contributed by atoms with Crippen molar-refractivity contribution in [2.45, 2.75) is 0 Å². The lowest BCUT2D eigenvalue weighted by Gasteiger charge is -2.20. The van der Waals surface area contributed by atoms with Crippen molar-refractivity contribution in [2.75, 3.05) is 49.5 Å². The lowest BCUT2D eigenvalue weighted by atomic mass is 10.3. The van der Waals surface area contributed by atoms with Crippen LogP contribution in [-0.2, 0) is 20.0 Å². The van der Waals surface area contributed by atoms with E-state index in [0.717, 1.165) is 31.6 Å². The van der Waals surface area contributed by atoms with E-state index < -0.39 is 20.0 Å². The summed E-state index contributed by atoms with van der Waals surface area (Å²) in [6, 6.07) is 5.83. The zero-order valence-corrected chi connectivity index (χ0v) is 16.0. The van der Waals surface area contributed by atoms with E-state index in [2.05, 4.69) is 10.3 Å². The van der Waals surface area contributed by atoms with Gasteiger partial charge in [0.15, 0.2) is 5.96 Å². The summed E-state index contributed by atoms with van der Waals surface area (Å²) in [5.74, 6) is 1.34. The maximum absolute atomic E-state index is 11.7. The van der Waals surface area contributed by atoms with E-state index in [9.17, 15) is 16.8 Å². The molecule has 11 heteroatoms. The van der Waals surface area contributed by atoms with E-state index in [1.54, 1.807) is 0 Å². The van der Waals surface area contributed by atoms with Gasteiger partial charge in [0, 0.05) is 13.6 Å². The van der Waals surface area contributed by atoms with Crippen LogP contribution in [0, 0.1) is 0 Å². The number of benzene rings is 1. The second-order valence-corrected chi connectivity index (χ2v) is 9.51. The van der Waals surface area contributed by atoms with Crippen LogP contribution in [0.3, 0.4) is 0 Å². The van der Waals surface area contributed by atoms with E-state index in [1.165, 1.54) is 24.3 Å². The number of hydrogen-bond donors (Lipinski definition) is 1. The summed E-state index contributed by atoms with van der Waals surface area (Å²) in [4.78, 5) is 6.31. The number of ether oxygens (including phenoxy) is 1. The third-order valence-electron chi connectivity index (χ3n) is 3.36. The van der Waals surface area contributed by atoms with Crippen molar-refractivity contribution in [3.05, 3.63) is 24.3 Å². The fourth-order valence-corrected chi connectivity index (χ4v) is 5.32. The molecule has 0 fully saturated rings.